The lowest BCUT2D eigenvalue weighted by molar-refractivity contribution is 0.574. The molecule has 0 bridgehead atoms. The number of anilines is 1. The molecule has 0 radical (unpaired) electrons. The van der Waals surface area contributed by atoms with Crippen molar-refractivity contribution in [3.8, 4) is 0 Å². The van der Waals surface area contributed by atoms with Gasteiger partial charge in [0.1, 0.15) is 16.6 Å². The minimum absolute atomic E-state index is 0.265. The molecule has 1 aromatic carbocycles. The maximum atomic E-state index is 13.2. The van der Waals surface area contributed by atoms with Gasteiger partial charge in [-0.05, 0) is 13.0 Å². The van der Waals surface area contributed by atoms with Crippen molar-refractivity contribution >= 4 is 16.5 Å². The van der Waals surface area contributed by atoms with Crippen LogP contribution < -0.4 is 5.32 Å². The Morgan fingerprint density at radius 1 is 1.31 bits per heavy atom. The Morgan fingerprint density at radius 2 is 2.12 bits per heavy atom. The van der Waals surface area contributed by atoms with Crippen LogP contribution >= 0.6 is 11.3 Å². The molecule has 3 nitrogen and oxygen atoms in total. The molecule has 84 valence electrons. The second kappa shape index (κ2) is 4.52. The predicted octanol–water partition coefficient (Wildman–Crippen LogP) is 2.74. The molecular formula is C10H9F2N3S. The second-order valence-electron chi connectivity index (χ2n) is 3.22. The van der Waals surface area contributed by atoms with Gasteiger partial charge in [0.15, 0.2) is 0 Å². The summed E-state index contributed by atoms with van der Waals surface area (Å²) in [6.07, 6.45) is 0. The first-order chi connectivity index (χ1) is 7.65. The number of aryl methyl sites for hydroxylation is 1. The zero-order valence-electron chi connectivity index (χ0n) is 8.50. The Hall–Kier alpha value is -1.56. The monoisotopic (exact) mass is 241 g/mol. The highest BCUT2D eigenvalue weighted by atomic mass is 32.1. The first-order valence-electron chi connectivity index (χ1n) is 4.63. The molecule has 0 atom stereocenters. The molecule has 2 aromatic rings. The van der Waals surface area contributed by atoms with E-state index in [1.54, 1.807) is 0 Å². The quantitative estimate of drug-likeness (QED) is 0.897. The number of nitrogens with zero attached hydrogens (tertiary/aromatic N) is 2. The van der Waals surface area contributed by atoms with Crippen LogP contribution in [-0.4, -0.2) is 10.2 Å². The molecule has 0 saturated carbocycles. The van der Waals surface area contributed by atoms with Crippen LogP contribution in [0.5, 0.6) is 0 Å². The van der Waals surface area contributed by atoms with Gasteiger partial charge in [0.25, 0.3) is 0 Å². The van der Waals surface area contributed by atoms with E-state index < -0.39 is 11.6 Å². The van der Waals surface area contributed by atoms with Gasteiger partial charge < -0.3 is 5.32 Å². The molecule has 16 heavy (non-hydrogen) atoms. The third kappa shape index (κ3) is 2.52. The molecule has 1 heterocycles. The van der Waals surface area contributed by atoms with E-state index in [-0.39, 0.29) is 6.54 Å². The van der Waals surface area contributed by atoms with Gasteiger partial charge in [-0.2, -0.15) is 0 Å². The van der Waals surface area contributed by atoms with Crippen LogP contribution in [-0.2, 0) is 6.54 Å². The van der Waals surface area contributed by atoms with E-state index in [9.17, 15) is 8.78 Å². The summed E-state index contributed by atoms with van der Waals surface area (Å²) < 4.78 is 25.9. The summed E-state index contributed by atoms with van der Waals surface area (Å²) in [4.78, 5) is 0. The zero-order chi connectivity index (χ0) is 11.5. The third-order valence-electron chi connectivity index (χ3n) is 1.97. The lowest BCUT2D eigenvalue weighted by atomic mass is 10.2. The fourth-order valence-electron chi connectivity index (χ4n) is 1.20. The number of rotatable bonds is 3. The molecule has 0 aliphatic carbocycles. The average molecular weight is 241 g/mol. The summed E-state index contributed by atoms with van der Waals surface area (Å²) in [7, 11) is 0. The second-order valence-corrected chi connectivity index (χ2v) is 4.40. The molecule has 1 N–H and O–H groups in total. The van der Waals surface area contributed by atoms with Crippen LogP contribution in [0.2, 0.25) is 0 Å². The van der Waals surface area contributed by atoms with Gasteiger partial charge in [0, 0.05) is 18.2 Å². The van der Waals surface area contributed by atoms with Gasteiger partial charge in [-0.15, -0.1) is 10.2 Å². The average Bonchev–Trinajstić information content (AvgIpc) is 2.63. The molecule has 0 fully saturated rings. The molecule has 6 heteroatoms. The predicted molar refractivity (Wildman–Crippen MR) is 58.3 cm³/mol. The molecule has 0 saturated heterocycles. The highest BCUT2D eigenvalue weighted by Gasteiger charge is 2.05. The minimum Gasteiger partial charge on any atom is -0.356 e. The molecular weight excluding hydrogens is 232 g/mol. The molecule has 2 rings (SSSR count). The Bertz CT molecular complexity index is 499. The van der Waals surface area contributed by atoms with Crippen molar-refractivity contribution < 1.29 is 8.78 Å². The van der Waals surface area contributed by atoms with Crippen LogP contribution in [0.1, 0.15) is 10.6 Å². The van der Waals surface area contributed by atoms with Crippen LogP contribution in [0.15, 0.2) is 18.2 Å². The lowest BCUT2D eigenvalue weighted by Gasteiger charge is -2.03. The normalized spacial score (nSPS) is 10.4. The summed E-state index contributed by atoms with van der Waals surface area (Å²) in [6.45, 7) is 2.10. The van der Waals surface area contributed by atoms with Gasteiger partial charge >= 0.3 is 0 Å². The Balaban J connectivity index is 2.04. The Kier molecular flexibility index (Phi) is 3.09. The van der Waals surface area contributed by atoms with E-state index in [1.165, 1.54) is 23.5 Å². The number of halogens is 2. The first-order valence-corrected chi connectivity index (χ1v) is 5.45. The topological polar surface area (TPSA) is 37.8 Å². The van der Waals surface area contributed by atoms with E-state index in [0.717, 1.165) is 11.1 Å². The van der Waals surface area contributed by atoms with Crippen molar-refractivity contribution in [2.75, 3.05) is 5.32 Å². The highest BCUT2D eigenvalue weighted by Crippen LogP contribution is 2.16. The number of aromatic nitrogens is 2. The van der Waals surface area contributed by atoms with Crippen molar-refractivity contribution in [3.05, 3.63) is 40.4 Å². The fraction of sp³-hybridized carbons (Fsp3) is 0.200. The van der Waals surface area contributed by atoms with Gasteiger partial charge in [0.2, 0.25) is 5.13 Å². The fourth-order valence-corrected chi connectivity index (χ4v) is 1.79. The SMILES string of the molecule is Cc1nnc(NCc2ccc(F)cc2F)s1. The lowest BCUT2D eigenvalue weighted by Crippen LogP contribution is -2.01. The molecule has 0 amide bonds. The van der Waals surface area contributed by atoms with Crippen LogP contribution in [0, 0.1) is 18.6 Å². The van der Waals surface area contributed by atoms with Gasteiger partial charge in [-0.3, -0.25) is 0 Å². The molecule has 0 spiro atoms. The van der Waals surface area contributed by atoms with Gasteiger partial charge in [-0.25, -0.2) is 8.78 Å². The standard InChI is InChI=1S/C10H9F2N3S/c1-6-14-15-10(16-6)13-5-7-2-3-8(11)4-9(7)12/h2-4H,5H2,1H3,(H,13,15). The smallest absolute Gasteiger partial charge is 0.205 e. The summed E-state index contributed by atoms with van der Waals surface area (Å²) in [6, 6.07) is 3.50. The van der Waals surface area contributed by atoms with Crippen molar-refractivity contribution in [1.82, 2.24) is 10.2 Å². The van der Waals surface area contributed by atoms with Crippen LogP contribution in [0.3, 0.4) is 0 Å². The number of nitrogens with one attached hydrogen (secondary N) is 1. The highest BCUT2D eigenvalue weighted by molar-refractivity contribution is 7.15. The summed E-state index contributed by atoms with van der Waals surface area (Å²) >= 11 is 1.39. The van der Waals surface area contributed by atoms with Crippen molar-refractivity contribution in [3.63, 3.8) is 0 Å². The molecule has 0 aliphatic rings. The summed E-state index contributed by atoms with van der Waals surface area (Å²) in [5.41, 5.74) is 0.397. The van der Waals surface area contributed by atoms with E-state index in [1.807, 2.05) is 6.92 Å². The Labute approximate surface area is 95.1 Å². The van der Waals surface area contributed by atoms with Crippen LogP contribution in [0.25, 0.3) is 0 Å². The van der Waals surface area contributed by atoms with Gasteiger partial charge in [0.05, 0.1) is 0 Å². The largest absolute Gasteiger partial charge is 0.356 e. The van der Waals surface area contributed by atoms with Crippen molar-refractivity contribution in [2.45, 2.75) is 13.5 Å². The third-order valence-corrected chi connectivity index (χ3v) is 2.77. The number of hydrogen-bond donors (Lipinski definition) is 1. The van der Waals surface area contributed by atoms with E-state index in [2.05, 4.69) is 15.5 Å². The zero-order valence-corrected chi connectivity index (χ0v) is 9.31. The van der Waals surface area contributed by atoms with Gasteiger partial charge in [-0.1, -0.05) is 17.4 Å². The molecule has 0 unspecified atom stereocenters. The van der Waals surface area contributed by atoms with Crippen molar-refractivity contribution in [2.24, 2.45) is 0 Å². The minimum atomic E-state index is -0.576. The van der Waals surface area contributed by atoms with E-state index in [4.69, 9.17) is 0 Å². The van der Waals surface area contributed by atoms with Crippen molar-refractivity contribution in [1.29, 1.82) is 0 Å². The summed E-state index contributed by atoms with van der Waals surface area (Å²) in [5.74, 6) is -1.14. The Morgan fingerprint density at radius 3 is 2.75 bits per heavy atom. The molecule has 0 aliphatic heterocycles. The summed E-state index contributed by atoms with van der Waals surface area (Å²) in [5, 5.41) is 12.0. The first kappa shape index (κ1) is 10.9. The van der Waals surface area contributed by atoms with E-state index >= 15 is 0 Å². The maximum Gasteiger partial charge on any atom is 0.205 e. The maximum absolute atomic E-state index is 13.2. The van der Waals surface area contributed by atoms with E-state index in [0.29, 0.717) is 10.7 Å². The van der Waals surface area contributed by atoms with Crippen LogP contribution in [0.4, 0.5) is 13.9 Å². The number of hydrogen-bond acceptors (Lipinski definition) is 4. The molecule has 1 aromatic heterocycles. The number of benzene rings is 1.